The van der Waals surface area contributed by atoms with E-state index >= 15 is 0 Å². The fourth-order valence-electron chi connectivity index (χ4n) is 2.09. The number of amides is 1. The number of hydrogen-bond donors (Lipinski definition) is 1. The zero-order valence-corrected chi connectivity index (χ0v) is 14.5. The van der Waals surface area contributed by atoms with Crippen LogP contribution in [0.5, 0.6) is 5.75 Å². The van der Waals surface area contributed by atoms with Crippen LogP contribution in [0.25, 0.3) is 0 Å². The van der Waals surface area contributed by atoms with E-state index in [0.29, 0.717) is 28.6 Å². The summed E-state index contributed by atoms with van der Waals surface area (Å²) in [5.74, 6) is 0.501. The maximum Gasteiger partial charge on any atom is 0.255 e. The molecule has 0 fully saturated rings. The Morgan fingerprint density at radius 1 is 1.25 bits per heavy atom. The lowest BCUT2D eigenvalue weighted by molar-refractivity contribution is 0.102. The molecular weight excluding hydrogens is 344 g/mol. The van der Waals surface area contributed by atoms with Crippen molar-refractivity contribution in [3.8, 4) is 5.75 Å². The molecule has 0 unspecified atom stereocenters. The molecule has 3 aromatic rings. The van der Waals surface area contributed by atoms with Gasteiger partial charge in [-0.05, 0) is 49.4 Å². The van der Waals surface area contributed by atoms with E-state index in [0.717, 1.165) is 10.7 Å². The van der Waals surface area contributed by atoms with E-state index in [4.69, 9.17) is 16.3 Å². The minimum Gasteiger partial charge on any atom is -0.486 e. The summed E-state index contributed by atoms with van der Waals surface area (Å²) >= 11 is 7.48. The molecule has 2 aromatic carbocycles. The Balaban J connectivity index is 1.60. The molecule has 1 N–H and O–H groups in total. The van der Waals surface area contributed by atoms with Gasteiger partial charge in [-0.1, -0.05) is 17.7 Å². The molecule has 0 saturated carbocycles. The first-order chi connectivity index (χ1) is 11.6. The number of ether oxygens (including phenoxy) is 1. The van der Waals surface area contributed by atoms with Crippen LogP contribution >= 0.6 is 22.9 Å². The molecule has 6 heteroatoms. The number of nitrogens with zero attached hydrogens (tertiary/aromatic N) is 1. The Kier molecular flexibility index (Phi) is 5.13. The quantitative estimate of drug-likeness (QED) is 0.703. The predicted octanol–water partition coefficient (Wildman–Crippen LogP) is 4.94. The molecule has 24 heavy (non-hydrogen) atoms. The van der Waals surface area contributed by atoms with Gasteiger partial charge in [0.2, 0.25) is 0 Å². The summed E-state index contributed by atoms with van der Waals surface area (Å²) in [6.45, 7) is 2.37. The van der Waals surface area contributed by atoms with Crippen molar-refractivity contribution in [1.82, 2.24) is 4.98 Å². The van der Waals surface area contributed by atoms with Crippen LogP contribution in [0, 0.1) is 6.92 Å². The highest BCUT2D eigenvalue weighted by Crippen LogP contribution is 2.18. The molecule has 0 aliphatic carbocycles. The van der Waals surface area contributed by atoms with Crippen molar-refractivity contribution in [3.05, 3.63) is 75.2 Å². The normalized spacial score (nSPS) is 10.4. The second kappa shape index (κ2) is 7.47. The van der Waals surface area contributed by atoms with Crippen molar-refractivity contribution in [3.63, 3.8) is 0 Å². The second-order valence-corrected chi connectivity index (χ2v) is 6.54. The third-order valence-corrected chi connectivity index (χ3v) is 4.40. The van der Waals surface area contributed by atoms with Crippen LogP contribution in [-0.4, -0.2) is 10.9 Å². The van der Waals surface area contributed by atoms with Crippen molar-refractivity contribution in [2.24, 2.45) is 0 Å². The van der Waals surface area contributed by atoms with E-state index in [1.54, 1.807) is 59.9 Å². The number of aryl methyl sites for hydroxylation is 1. The highest BCUT2D eigenvalue weighted by molar-refractivity contribution is 7.09. The van der Waals surface area contributed by atoms with Gasteiger partial charge in [-0.25, -0.2) is 4.98 Å². The summed E-state index contributed by atoms with van der Waals surface area (Å²) in [5, 5.41) is 6.30. The zero-order valence-electron chi connectivity index (χ0n) is 13.0. The highest BCUT2D eigenvalue weighted by Gasteiger charge is 2.07. The number of rotatable bonds is 5. The molecule has 0 bridgehead atoms. The van der Waals surface area contributed by atoms with E-state index in [2.05, 4.69) is 10.3 Å². The number of anilines is 1. The standard InChI is InChI=1S/C18H15ClN2O2S/c1-12-11-24-17(20-12)10-23-16-7-5-13(6-8-16)18(22)21-15-4-2-3-14(19)9-15/h2-9,11H,10H2,1H3,(H,21,22). The fraction of sp³-hybridized carbons (Fsp3) is 0.111. The molecule has 1 aromatic heterocycles. The number of aromatic nitrogens is 1. The minimum atomic E-state index is -0.195. The van der Waals surface area contributed by atoms with Crippen molar-refractivity contribution >= 4 is 34.5 Å². The van der Waals surface area contributed by atoms with Gasteiger partial charge in [0.25, 0.3) is 5.91 Å². The van der Waals surface area contributed by atoms with E-state index < -0.39 is 0 Å². The SMILES string of the molecule is Cc1csc(COc2ccc(C(=O)Nc3cccc(Cl)c3)cc2)n1. The summed E-state index contributed by atoms with van der Waals surface area (Å²) < 4.78 is 5.67. The molecular formula is C18H15ClN2O2S. The number of halogens is 1. The van der Waals surface area contributed by atoms with Gasteiger partial charge in [-0.15, -0.1) is 11.3 Å². The van der Waals surface area contributed by atoms with Crippen LogP contribution in [-0.2, 0) is 6.61 Å². The number of carbonyl (C=O) groups is 1. The van der Waals surface area contributed by atoms with Crippen molar-refractivity contribution in [1.29, 1.82) is 0 Å². The molecule has 0 saturated heterocycles. The van der Waals surface area contributed by atoms with Crippen LogP contribution in [0.4, 0.5) is 5.69 Å². The Bertz CT molecular complexity index is 846. The van der Waals surface area contributed by atoms with E-state index in [1.807, 2.05) is 12.3 Å². The van der Waals surface area contributed by atoms with Gasteiger partial charge in [0, 0.05) is 27.3 Å². The Morgan fingerprint density at radius 2 is 2.04 bits per heavy atom. The lowest BCUT2D eigenvalue weighted by atomic mass is 10.2. The van der Waals surface area contributed by atoms with E-state index in [9.17, 15) is 4.79 Å². The molecule has 0 radical (unpaired) electrons. The maximum atomic E-state index is 12.2. The largest absolute Gasteiger partial charge is 0.486 e. The smallest absolute Gasteiger partial charge is 0.255 e. The molecule has 0 aliphatic rings. The van der Waals surface area contributed by atoms with Crippen molar-refractivity contribution < 1.29 is 9.53 Å². The number of nitrogens with one attached hydrogen (secondary N) is 1. The lowest BCUT2D eigenvalue weighted by Crippen LogP contribution is -2.11. The summed E-state index contributed by atoms with van der Waals surface area (Å²) in [4.78, 5) is 16.6. The summed E-state index contributed by atoms with van der Waals surface area (Å²) in [6, 6.07) is 14.0. The number of hydrogen-bond acceptors (Lipinski definition) is 4. The minimum absolute atomic E-state index is 0.195. The fourth-order valence-corrected chi connectivity index (χ4v) is 2.96. The first-order valence-electron chi connectivity index (χ1n) is 7.31. The third kappa shape index (κ3) is 4.34. The van der Waals surface area contributed by atoms with Gasteiger partial charge in [0.15, 0.2) is 0 Å². The molecule has 0 spiro atoms. The van der Waals surface area contributed by atoms with E-state index in [-0.39, 0.29) is 5.91 Å². The van der Waals surface area contributed by atoms with Crippen LogP contribution in [0.2, 0.25) is 5.02 Å². The van der Waals surface area contributed by atoms with Gasteiger partial charge in [-0.2, -0.15) is 0 Å². The topological polar surface area (TPSA) is 51.2 Å². The Morgan fingerprint density at radius 3 is 2.71 bits per heavy atom. The van der Waals surface area contributed by atoms with Crippen molar-refractivity contribution in [2.45, 2.75) is 13.5 Å². The lowest BCUT2D eigenvalue weighted by Gasteiger charge is -2.07. The van der Waals surface area contributed by atoms with Gasteiger partial charge in [0.1, 0.15) is 17.4 Å². The van der Waals surface area contributed by atoms with Gasteiger partial charge in [0.05, 0.1) is 0 Å². The van der Waals surface area contributed by atoms with Crippen LogP contribution in [0.1, 0.15) is 21.1 Å². The Labute approximate surface area is 149 Å². The van der Waals surface area contributed by atoms with Crippen LogP contribution in [0.3, 0.4) is 0 Å². The molecule has 1 heterocycles. The van der Waals surface area contributed by atoms with E-state index in [1.165, 1.54) is 0 Å². The summed E-state index contributed by atoms with van der Waals surface area (Å²) in [6.07, 6.45) is 0. The molecule has 0 aliphatic heterocycles. The average molecular weight is 359 g/mol. The van der Waals surface area contributed by atoms with Gasteiger partial charge in [-0.3, -0.25) is 4.79 Å². The molecule has 1 amide bonds. The molecule has 0 atom stereocenters. The first-order valence-corrected chi connectivity index (χ1v) is 8.57. The van der Waals surface area contributed by atoms with Gasteiger partial charge >= 0.3 is 0 Å². The second-order valence-electron chi connectivity index (χ2n) is 5.16. The van der Waals surface area contributed by atoms with Crippen LogP contribution in [0.15, 0.2) is 53.9 Å². The summed E-state index contributed by atoms with van der Waals surface area (Å²) in [5.41, 5.74) is 2.20. The number of thiazole rings is 1. The molecule has 3 rings (SSSR count). The average Bonchev–Trinajstić information content (AvgIpc) is 2.99. The zero-order chi connectivity index (χ0) is 16.9. The highest BCUT2D eigenvalue weighted by atomic mass is 35.5. The third-order valence-electron chi connectivity index (χ3n) is 3.23. The van der Waals surface area contributed by atoms with Gasteiger partial charge < -0.3 is 10.1 Å². The van der Waals surface area contributed by atoms with Crippen molar-refractivity contribution in [2.75, 3.05) is 5.32 Å². The predicted molar refractivity (Wildman–Crippen MR) is 97.0 cm³/mol. The molecule has 122 valence electrons. The number of benzene rings is 2. The maximum absolute atomic E-state index is 12.2. The Hall–Kier alpha value is -2.37. The van der Waals surface area contributed by atoms with Crippen LogP contribution < -0.4 is 10.1 Å². The molecule has 4 nitrogen and oxygen atoms in total. The monoisotopic (exact) mass is 358 g/mol. The summed E-state index contributed by atoms with van der Waals surface area (Å²) in [7, 11) is 0. The number of carbonyl (C=O) groups excluding carboxylic acids is 1. The first kappa shape index (κ1) is 16.5.